The Morgan fingerprint density at radius 3 is 2.53 bits per heavy atom. The predicted octanol–water partition coefficient (Wildman–Crippen LogP) is 1.67. The molecule has 1 aromatic carbocycles. The standard InChI is InChI=1S/C13H19NO3/c15-10-6-2-1-5-9-14-13(17)11-7-3-4-8-12(11)16/h3-4,7-8,15-16H,1-2,5-6,9-10H2,(H,14,17). The number of carbonyl (C=O) groups excluding carboxylic acids is 1. The number of nitrogens with one attached hydrogen (secondary N) is 1. The average molecular weight is 237 g/mol. The van der Waals surface area contributed by atoms with Crippen LogP contribution in [-0.4, -0.2) is 29.3 Å². The van der Waals surface area contributed by atoms with E-state index >= 15 is 0 Å². The van der Waals surface area contributed by atoms with Crippen molar-refractivity contribution in [2.24, 2.45) is 0 Å². The number of aromatic hydroxyl groups is 1. The van der Waals surface area contributed by atoms with Crippen molar-refractivity contribution < 1.29 is 15.0 Å². The van der Waals surface area contributed by atoms with Crippen molar-refractivity contribution in [1.82, 2.24) is 5.32 Å². The molecule has 0 aliphatic rings. The highest BCUT2D eigenvalue weighted by Crippen LogP contribution is 2.14. The van der Waals surface area contributed by atoms with Crippen molar-refractivity contribution in [3.8, 4) is 5.75 Å². The molecule has 0 atom stereocenters. The van der Waals surface area contributed by atoms with Gasteiger partial charge in [-0.3, -0.25) is 4.79 Å². The van der Waals surface area contributed by atoms with E-state index in [1.807, 2.05) is 0 Å². The minimum Gasteiger partial charge on any atom is -0.507 e. The van der Waals surface area contributed by atoms with Gasteiger partial charge in [-0.05, 0) is 25.0 Å². The van der Waals surface area contributed by atoms with Gasteiger partial charge in [0.1, 0.15) is 5.75 Å². The Morgan fingerprint density at radius 2 is 1.82 bits per heavy atom. The van der Waals surface area contributed by atoms with Gasteiger partial charge in [-0.2, -0.15) is 0 Å². The highest BCUT2D eigenvalue weighted by molar-refractivity contribution is 5.96. The third kappa shape index (κ3) is 4.87. The van der Waals surface area contributed by atoms with Crippen LogP contribution < -0.4 is 5.32 Å². The maximum absolute atomic E-state index is 11.6. The van der Waals surface area contributed by atoms with Gasteiger partial charge in [-0.1, -0.05) is 25.0 Å². The van der Waals surface area contributed by atoms with E-state index in [4.69, 9.17) is 5.11 Å². The third-order valence-corrected chi connectivity index (χ3v) is 2.52. The number of aliphatic hydroxyl groups is 1. The topological polar surface area (TPSA) is 69.6 Å². The molecule has 0 radical (unpaired) electrons. The van der Waals surface area contributed by atoms with E-state index in [2.05, 4.69) is 5.32 Å². The average Bonchev–Trinajstić information content (AvgIpc) is 2.34. The molecule has 17 heavy (non-hydrogen) atoms. The Morgan fingerprint density at radius 1 is 1.12 bits per heavy atom. The summed E-state index contributed by atoms with van der Waals surface area (Å²) >= 11 is 0. The molecular weight excluding hydrogens is 218 g/mol. The maximum Gasteiger partial charge on any atom is 0.255 e. The number of hydrogen-bond donors (Lipinski definition) is 3. The number of rotatable bonds is 7. The molecule has 0 spiro atoms. The van der Waals surface area contributed by atoms with Gasteiger partial charge in [0, 0.05) is 13.2 Å². The van der Waals surface area contributed by atoms with Crippen LogP contribution in [0.1, 0.15) is 36.0 Å². The number of unbranched alkanes of at least 4 members (excludes halogenated alkanes) is 3. The van der Waals surface area contributed by atoms with Crippen molar-refractivity contribution in [1.29, 1.82) is 0 Å². The molecule has 1 amide bonds. The van der Waals surface area contributed by atoms with E-state index in [0.29, 0.717) is 12.1 Å². The van der Waals surface area contributed by atoms with Crippen LogP contribution in [0, 0.1) is 0 Å². The lowest BCUT2D eigenvalue weighted by Gasteiger charge is -2.06. The molecule has 0 saturated heterocycles. The fraction of sp³-hybridized carbons (Fsp3) is 0.462. The van der Waals surface area contributed by atoms with E-state index in [9.17, 15) is 9.90 Å². The molecule has 0 saturated carbocycles. The van der Waals surface area contributed by atoms with Crippen LogP contribution in [0.3, 0.4) is 0 Å². The number of carbonyl (C=O) groups is 1. The molecule has 4 heteroatoms. The van der Waals surface area contributed by atoms with Gasteiger partial charge in [0.15, 0.2) is 0 Å². The molecule has 4 nitrogen and oxygen atoms in total. The Hall–Kier alpha value is -1.55. The zero-order chi connectivity index (χ0) is 12.5. The summed E-state index contributed by atoms with van der Waals surface area (Å²) < 4.78 is 0. The van der Waals surface area contributed by atoms with Gasteiger partial charge in [-0.15, -0.1) is 0 Å². The molecule has 0 fully saturated rings. The van der Waals surface area contributed by atoms with Crippen molar-refractivity contribution in [2.45, 2.75) is 25.7 Å². The maximum atomic E-state index is 11.6. The molecule has 0 aliphatic heterocycles. The summed E-state index contributed by atoms with van der Waals surface area (Å²) in [7, 11) is 0. The second-order valence-electron chi connectivity index (χ2n) is 3.91. The summed E-state index contributed by atoms with van der Waals surface area (Å²) in [6.07, 6.45) is 3.66. The molecule has 0 aromatic heterocycles. The fourth-order valence-electron chi connectivity index (χ4n) is 1.55. The van der Waals surface area contributed by atoms with Crippen LogP contribution in [0.25, 0.3) is 0 Å². The van der Waals surface area contributed by atoms with Gasteiger partial charge in [-0.25, -0.2) is 0 Å². The number of phenols is 1. The minimum absolute atomic E-state index is 0.00489. The van der Waals surface area contributed by atoms with Crippen LogP contribution in [0.15, 0.2) is 24.3 Å². The normalized spacial score (nSPS) is 10.2. The van der Waals surface area contributed by atoms with Gasteiger partial charge < -0.3 is 15.5 Å². The predicted molar refractivity (Wildman–Crippen MR) is 66.0 cm³/mol. The number of para-hydroxylation sites is 1. The molecule has 94 valence electrons. The van der Waals surface area contributed by atoms with E-state index in [1.165, 1.54) is 6.07 Å². The Balaban J connectivity index is 2.24. The van der Waals surface area contributed by atoms with Crippen LogP contribution >= 0.6 is 0 Å². The fourth-order valence-corrected chi connectivity index (χ4v) is 1.55. The van der Waals surface area contributed by atoms with E-state index in [1.54, 1.807) is 18.2 Å². The first kappa shape index (κ1) is 13.5. The van der Waals surface area contributed by atoms with Crippen LogP contribution in [0.5, 0.6) is 5.75 Å². The summed E-state index contributed by atoms with van der Waals surface area (Å²) in [5.41, 5.74) is 0.308. The van der Waals surface area contributed by atoms with E-state index in [0.717, 1.165) is 25.7 Å². The first-order valence-corrected chi connectivity index (χ1v) is 5.92. The number of benzene rings is 1. The van der Waals surface area contributed by atoms with Crippen molar-refractivity contribution >= 4 is 5.91 Å². The zero-order valence-corrected chi connectivity index (χ0v) is 9.85. The van der Waals surface area contributed by atoms with Crippen molar-refractivity contribution in [2.75, 3.05) is 13.2 Å². The van der Waals surface area contributed by atoms with Crippen molar-refractivity contribution in [3.05, 3.63) is 29.8 Å². The molecular formula is C13H19NO3. The lowest BCUT2D eigenvalue weighted by molar-refractivity contribution is 0.0950. The minimum atomic E-state index is -0.245. The summed E-state index contributed by atoms with van der Waals surface area (Å²) in [6, 6.07) is 6.49. The monoisotopic (exact) mass is 237 g/mol. The summed E-state index contributed by atoms with van der Waals surface area (Å²) in [5, 5.41) is 20.8. The third-order valence-electron chi connectivity index (χ3n) is 2.52. The lowest BCUT2D eigenvalue weighted by atomic mass is 10.1. The van der Waals surface area contributed by atoms with Crippen molar-refractivity contribution in [3.63, 3.8) is 0 Å². The quantitative estimate of drug-likeness (QED) is 0.632. The summed E-state index contributed by atoms with van der Waals surface area (Å²) in [6.45, 7) is 0.822. The molecule has 3 N–H and O–H groups in total. The molecule has 0 heterocycles. The second kappa shape index (κ2) is 7.68. The first-order valence-electron chi connectivity index (χ1n) is 5.92. The first-order chi connectivity index (χ1) is 8.25. The highest BCUT2D eigenvalue weighted by Gasteiger charge is 2.08. The Kier molecular flexibility index (Phi) is 6.10. The van der Waals surface area contributed by atoms with Gasteiger partial charge in [0.05, 0.1) is 5.56 Å². The molecule has 0 unspecified atom stereocenters. The largest absolute Gasteiger partial charge is 0.507 e. The van der Waals surface area contributed by atoms with E-state index in [-0.39, 0.29) is 18.3 Å². The SMILES string of the molecule is O=C(NCCCCCCO)c1ccccc1O. The van der Waals surface area contributed by atoms with Gasteiger partial charge in [0.25, 0.3) is 5.91 Å². The second-order valence-corrected chi connectivity index (χ2v) is 3.91. The molecule has 1 aromatic rings. The van der Waals surface area contributed by atoms with Crippen LogP contribution in [-0.2, 0) is 0 Å². The number of aliphatic hydroxyl groups excluding tert-OH is 1. The summed E-state index contributed by atoms with van der Waals surface area (Å²) in [4.78, 5) is 11.6. The smallest absolute Gasteiger partial charge is 0.255 e. The van der Waals surface area contributed by atoms with E-state index < -0.39 is 0 Å². The molecule has 0 bridgehead atoms. The number of amides is 1. The number of hydrogen-bond acceptors (Lipinski definition) is 3. The summed E-state index contributed by atoms with van der Waals surface area (Å²) in [5.74, 6) is -0.240. The zero-order valence-electron chi connectivity index (χ0n) is 9.85. The molecule has 0 aliphatic carbocycles. The lowest BCUT2D eigenvalue weighted by Crippen LogP contribution is -2.24. The van der Waals surface area contributed by atoms with Gasteiger partial charge in [0.2, 0.25) is 0 Å². The Bertz CT molecular complexity index is 352. The highest BCUT2D eigenvalue weighted by atomic mass is 16.3. The van der Waals surface area contributed by atoms with Crippen LogP contribution in [0.2, 0.25) is 0 Å². The molecule has 1 rings (SSSR count). The number of phenolic OH excluding ortho intramolecular Hbond substituents is 1. The van der Waals surface area contributed by atoms with Crippen LogP contribution in [0.4, 0.5) is 0 Å². The van der Waals surface area contributed by atoms with Gasteiger partial charge >= 0.3 is 0 Å². The Labute approximate surface area is 101 Å².